The number of hydrogen-bond donors (Lipinski definition) is 1. The summed E-state index contributed by atoms with van der Waals surface area (Å²) in [5.41, 5.74) is 9.45. The molecule has 27 heavy (non-hydrogen) atoms. The molecule has 4 aromatic rings. The zero-order valence-electron chi connectivity index (χ0n) is 14.4. The van der Waals surface area contributed by atoms with Crippen molar-refractivity contribution in [3.63, 3.8) is 0 Å². The van der Waals surface area contributed by atoms with Gasteiger partial charge in [-0.1, -0.05) is 23.7 Å². The van der Waals surface area contributed by atoms with Crippen molar-refractivity contribution in [2.45, 2.75) is 0 Å². The van der Waals surface area contributed by atoms with Crippen LogP contribution < -0.4 is 10.5 Å². The van der Waals surface area contributed by atoms with Gasteiger partial charge in [0, 0.05) is 16.8 Å². The smallest absolute Gasteiger partial charge is 0.185 e. The number of hydrogen-bond acceptors (Lipinski definition) is 6. The first-order valence-corrected chi connectivity index (χ1v) is 8.48. The van der Waals surface area contributed by atoms with Crippen LogP contribution in [0.25, 0.3) is 16.9 Å². The first kappa shape index (κ1) is 17.0. The van der Waals surface area contributed by atoms with Gasteiger partial charge in [0.15, 0.2) is 17.2 Å². The van der Waals surface area contributed by atoms with Crippen molar-refractivity contribution in [2.75, 3.05) is 12.8 Å². The number of nitrogens with two attached hydrogens (primary N) is 1. The van der Waals surface area contributed by atoms with E-state index in [1.54, 1.807) is 30.0 Å². The fourth-order valence-corrected chi connectivity index (χ4v) is 2.77. The third-order valence-electron chi connectivity index (χ3n) is 4.00. The number of benzene rings is 2. The number of methoxy groups -OCH3 is 1. The van der Waals surface area contributed by atoms with E-state index in [1.165, 1.54) is 0 Å². The fourth-order valence-electron chi connectivity index (χ4n) is 2.64. The zero-order valence-corrected chi connectivity index (χ0v) is 15.1. The van der Waals surface area contributed by atoms with Crippen molar-refractivity contribution in [3.05, 3.63) is 65.8 Å². The highest BCUT2D eigenvalue weighted by Gasteiger charge is 2.14. The van der Waals surface area contributed by atoms with E-state index in [0.717, 1.165) is 17.0 Å². The van der Waals surface area contributed by atoms with Crippen molar-refractivity contribution >= 4 is 34.4 Å². The molecule has 0 amide bonds. The Bertz CT molecular complexity index is 1120. The van der Waals surface area contributed by atoms with Gasteiger partial charge < -0.3 is 10.5 Å². The van der Waals surface area contributed by atoms with Crippen molar-refractivity contribution < 1.29 is 4.74 Å². The van der Waals surface area contributed by atoms with Crippen LogP contribution in [0.15, 0.2) is 71.0 Å². The molecule has 0 saturated heterocycles. The number of halogens is 1. The summed E-state index contributed by atoms with van der Waals surface area (Å²) in [6.45, 7) is 0. The van der Waals surface area contributed by atoms with Crippen molar-refractivity contribution in [1.82, 2.24) is 14.6 Å². The molecule has 0 aliphatic heterocycles. The molecule has 7 nitrogen and oxygen atoms in total. The minimum atomic E-state index is 0.251. The second kappa shape index (κ2) is 7.05. The number of ether oxygens (including phenoxy) is 1. The van der Waals surface area contributed by atoms with Crippen LogP contribution in [-0.4, -0.2) is 21.7 Å². The van der Waals surface area contributed by atoms with Gasteiger partial charge in [-0.25, -0.2) is 9.50 Å². The average Bonchev–Trinajstić information content (AvgIpc) is 3.02. The average molecular weight is 379 g/mol. The predicted molar refractivity (Wildman–Crippen MR) is 105 cm³/mol. The summed E-state index contributed by atoms with van der Waals surface area (Å²) in [4.78, 5) is 4.37. The SMILES string of the molecule is COc1ccc(N=Nc2c(N)nn3c(-c4ccc(Cl)cc4)ccnc23)cc1. The Labute approximate surface area is 160 Å². The van der Waals surface area contributed by atoms with Crippen LogP contribution in [0.4, 0.5) is 17.2 Å². The van der Waals surface area contributed by atoms with Crippen molar-refractivity contribution in [3.8, 4) is 17.0 Å². The quantitative estimate of drug-likeness (QED) is 0.503. The first-order valence-electron chi connectivity index (χ1n) is 8.10. The number of azo groups is 1. The zero-order chi connectivity index (χ0) is 18.8. The van der Waals surface area contributed by atoms with Crippen LogP contribution in [0.2, 0.25) is 5.02 Å². The standard InChI is InChI=1S/C19H15ClN6O/c1-27-15-8-6-14(7-9-15)23-24-17-18(21)25-26-16(10-11-22-19(17)26)12-2-4-13(20)5-3-12/h2-11H,1H3,(H2,21,25). The van der Waals surface area contributed by atoms with E-state index < -0.39 is 0 Å². The molecule has 2 aromatic heterocycles. The maximum Gasteiger partial charge on any atom is 0.185 e. The van der Waals surface area contributed by atoms with Gasteiger partial charge in [-0.3, -0.25) is 0 Å². The minimum Gasteiger partial charge on any atom is -0.497 e. The molecule has 0 bridgehead atoms. The summed E-state index contributed by atoms with van der Waals surface area (Å²) in [7, 11) is 1.61. The molecule has 0 unspecified atom stereocenters. The summed E-state index contributed by atoms with van der Waals surface area (Å²) >= 11 is 5.98. The Kier molecular flexibility index (Phi) is 4.43. The summed E-state index contributed by atoms with van der Waals surface area (Å²) in [5, 5.41) is 13.5. The van der Waals surface area contributed by atoms with Gasteiger partial charge in [0.25, 0.3) is 0 Å². The topological polar surface area (TPSA) is 90.2 Å². The second-order valence-electron chi connectivity index (χ2n) is 5.70. The summed E-state index contributed by atoms with van der Waals surface area (Å²) in [6.07, 6.45) is 1.69. The number of nitrogens with zero attached hydrogens (tertiary/aromatic N) is 5. The van der Waals surface area contributed by atoms with E-state index in [2.05, 4.69) is 20.3 Å². The van der Waals surface area contributed by atoms with Gasteiger partial charge >= 0.3 is 0 Å². The normalized spacial score (nSPS) is 11.3. The molecule has 0 radical (unpaired) electrons. The summed E-state index contributed by atoms with van der Waals surface area (Å²) in [5.74, 6) is 1.000. The highest BCUT2D eigenvalue weighted by molar-refractivity contribution is 6.30. The van der Waals surface area contributed by atoms with E-state index in [-0.39, 0.29) is 5.82 Å². The molecule has 0 fully saturated rings. The maximum atomic E-state index is 6.07. The van der Waals surface area contributed by atoms with Gasteiger partial charge in [-0.05, 0) is 42.5 Å². The predicted octanol–water partition coefficient (Wildman–Crippen LogP) is 5.06. The number of fused-ring (bicyclic) bond motifs is 1. The molecule has 4 rings (SSSR count). The van der Waals surface area contributed by atoms with Crippen LogP contribution >= 0.6 is 11.6 Å². The second-order valence-corrected chi connectivity index (χ2v) is 6.14. The number of nitrogen functional groups attached to an aromatic ring is 1. The van der Waals surface area contributed by atoms with E-state index in [0.29, 0.717) is 22.0 Å². The molecule has 8 heteroatoms. The monoisotopic (exact) mass is 378 g/mol. The lowest BCUT2D eigenvalue weighted by molar-refractivity contribution is 0.415. The van der Waals surface area contributed by atoms with Crippen molar-refractivity contribution in [2.24, 2.45) is 10.2 Å². The van der Waals surface area contributed by atoms with Gasteiger partial charge in [0.2, 0.25) is 0 Å². The van der Waals surface area contributed by atoms with Crippen LogP contribution in [0.3, 0.4) is 0 Å². The van der Waals surface area contributed by atoms with Crippen LogP contribution in [0.1, 0.15) is 0 Å². The third-order valence-corrected chi connectivity index (χ3v) is 4.25. The lowest BCUT2D eigenvalue weighted by Gasteiger charge is -2.04. The number of anilines is 1. The molecule has 2 N–H and O–H groups in total. The minimum absolute atomic E-state index is 0.251. The molecular formula is C19H15ClN6O. The Morgan fingerprint density at radius 3 is 2.44 bits per heavy atom. The third kappa shape index (κ3) is 3.32. The van der Waals surface area contributed by atoms with E-state index in [4.69, 9.17) is 22.1 Å². The van der Waals surface area contributed by atoms with Gasteiger partial charge in [0.05, 0.1) is 18.5 Å². The van der Waals surface area contributed by atoms with Crippen LogP contribution in [-0.2, 0) is 0 Å². The molecule has 134 valence electrons. The molecule has 0 spiro atoms. The van der Waals surface area contributed by atoms with Crippen molar-refractivity contribution in [1.29, 1.82) is 0 Å². The summed E-state index contributed by atoms with van der Waals surface area (Å²) in [6, 6.07) is 16.5. The van der Waals surface area contributed by atoms with E-state index in [9.17, 15) is 0 Å². The fraction of sp³-hybridized carbons (Fsp3) is 0.0526. The Morgan fingerprint density at radius 2 is 1.74 bits per heavy atom. The molecular weight excluding hydrogens is 364 g/mol. The number of rotatable bonds is 4. The van der Waals surface area contributed by atoms with Gasteiger partial charge in [0.1, 0.15) is 5.75 Å². The lowest BCUT2D eigenvalue weighted by atomic mass is 10.1. The highest BCUT2D eigenvalue weighted by Crippen LogP contribution is 2.31. The van der Waals surface area contributed by atoms with Gasteiger partial charge in [-0.15, -0.1) is 10.2 Å². The molecule has 0 atom stereocenters. The summed E-state index contributed by atoms with van der Waals surface area (Å²) < 4.78 is 6.79. The maximum absolute atomic E-state index is 6.07. The molecule has 2 heterocycles. The highest BCUT2D eigenvalue weighted by atomic mass is 35.5. The molecule has 2 aromatic carbocycles. The van der Waals surface area contributed by atoms with Crippen LogP contribution in [0, 0.1) is 0 Å². The van der Waals surface area contributed by atoms with E-state index in [1.807, 2.05) is 42.5 Å². The molecule has 0 saturated carbocycles. The Balaban J connectivity index is 1.75. The lowest BCUT2D eigenvalue weighted by Crippen LogP contribution is -1.96. The molecule has 0 aliphatic rings. The molecule has 0 aliphatic carbocycles. The van der Waals surface area contributed by atoms with Crippen LogP contribution in [0.5, 0.6) is 5.75 Å². The number of aromatic nitrogens is 3. The Hall–Kier alpha value is -3.45. The van der Waals surface area contributed by atoms with E-state index >= 15 is 0 Å². The Morgan fingerprint density at radius 1 is 1.00 bits per heavy atom. The largest absolute Gasteiger partial charge is 0.497 e. The van der Waals surface area contributed by atoms with Gasteiger partial charge in [-0.2, -0.15) is 5.11 Å². The first-order chi connectivity index (χ1) is 13.2.